The van der Waals surface area contributed by atoms with Crippen molar-refractivity contribution < 1.29 is 9.59 Å². The molecule has 0 aliphatic carbocycles. The van der Waals surface area contributed by atoms with Crippen LogP contribution < -0.4 is 16.0 Å². The van der Waals surface area contributed by atoms with E-state index in [1.54, 1.807) is 60.8 Å². The number of anilines is 2. The van der Waals surface area contributed by atoms with E-state index in [9.17, 15) is 9.59 Å². The van der Waals surface area contributed by atoms with Crippen LogP contribution >= 0.6 is 23.6 Å². The van der Waals surface area contributed by atoms with Crippen LogP contribution in [0, 0.1) is 0 Å². The zero-order chi connectivity index (χ0) is 20.9. The first-order valence-electron chi connectivity index (χ1n) is 8.89. The molecule has 0 radical (unpaired) electrons. The Kier molecular flexibility index (Phi) is 5.73. The van der Waals surface area contributed by atoms with Gasteiger partial charge in [-0.3, -0.25) is 20.2 Å². The number of hydrogen-bond donors (Lipinski definition) is 3. The van der Waals surface area contributed by atoms with Crippen molar-refractivity contribution in [2.24, 2.45) is 0 Å². The molecular formula is C21H15N5O2S2. The van der Waals surface area contributed by atoms with E-state index in [0.29, 0.717) is 27.6 Å². The highest BCUT2D eigenvalue weighted by Gasteiger charge is 2.12. The predicted molar refractivity (Wildman–Crippen MR) is 122 cm³/mol. The quantitative estimate of drug-likeness (QED) is 0.420. The van der Waals surface area contributed by atoms with Crippen molar-refractivity contribution in [2.45, 2.75) is 0 Å². The molecule has 0 saturated heterocycles. The highest BCUT2D eigenvalue weighted by molar-refractivity contribution is 7.80. The van der Waals surface area contributed by atoms with Gasteiger partial charge in [0.1, 0.15) is 5.82 Å². The maximum absolute atomic E-state index is 12.3. The smallest absolute Gasteiger partial charge is 0.257 e. The molecule has 0 unspecified atom stereocenters. The normalized spacial score (nSPS) is 10.4. The average molecular weight is 434 g/mol. The summed E-state index contributed by atoms with van der Waals surface area (Å²) in [5.74, 6) is -0.105. The van der Waals surface area contributed by atoms with Crippen LogP contribution in [-0.2, 0) is 0 Å². The Balaban J connectivity index is 1.43. The fraction of sp³-hybridized carbons (Fsp3) is 0. The Morgan fingerprint density at radius 3 is 2.17 bits per heavy atom. The van der Waals surface area contributed by atoms with Crippen molar-refractivity contribution >= 4 is 61.6 Å². The van der Waals surface area contributed by atoms with Gasteiger partial charge in [0.05, 0.1) is 10.2 Å². The summed E-state index contributed by atoms with van der Waals surface area (Å²) < 4.78 is 0.808. The molecule has 7 nitrogen and oxygen atoms in total. The fourth-order valence-corrected chi connectivity index (χ4v) is 3.64. The highest BCUT2D eigenvalue weighted by Crippen LogP contribution is 2.27. The number of hydrogen-bond acceptors (Lipinski definition) is 6. The minimum absolute atomic E-state index is 0.128. The van der Waals surface area contributed by atoms with E-state index in [1.165, 1.54) is 11.3 Å². The first-order chi connectivity index (χ1) is 14.6. The molecule has 148 valence electrons. The SMILES string of the molecule is O=C(NC(=S)Nc1cc2nc(NC(=O)c3ccccc3)sc2cn1)c1ccccc1. The summed E-state index contributed by atoms with van der Waals surface area (Å²) in [5.41, 5.74) is 1.71. The lowest BCUT2D eigenvalue weighted by atomic mass is 10.2. The van der Waals surface area contributed by atoms with E-state index in [1.807, 2.05) is 12.1 Å². The summed E-state index contributed by atoms with van der Waals surface area (Å²) in [6.45, 7) is 0. The third-order valence-electron chi connectivity index (χ3n) is 4.04. The van der Waals surface area contributed by atoms with Crippen molar-refractivity contribution in [2.75, 3.05) is 10.6 Å². The molecule has 0 bridgehead atoms. The Labute approximate surface area is 181 Å². The van der Waals surface area contributed by atoms with E-state index in [0.717, 1.165) is 4.70 Å². The Morgan fingerprint density at radius 2 is 1.50 bits per heavy atom. The van der Waals surface area contributed by atoms with E-state index in [2.05, 4.69) is 25.9 Å². The highest BCUT2D eigenvalue weighted by atomic mass is 32.1. The predicted octanol–water partition coefficient (Wildman–Crippen LogP) is 4.07. The monoisotopic (exact) mass is 433 g/mol. The number of thiocarbonyl (C=S) groups is 1. The first-order valence-corrected chi connectivity index (χ1v) is 10.1. The average Bonchev–Trinajstić information content (AvgIpc) is 3.16. The number of carbonyl (C=O) groups excluding carboxylic acids is 2. The van der Waals surface area contributed by atoms with Crippen LogP contribution in [0.3, 0.4) is 0 Å². The van der Waals surface area contributed by atoms with Gasteiger partial charge in [-0.15, -0.1) is 0 Å². The fourth-order valence-electron chi connectivity index (χ4n) is 2.63. The Hall–Kier alpha value is -3.69. The molecule has 0 fully saturated rings. The number of aromatic nitrogens is 2. The molecular weight excluding hydrogens is 418 g/mol. The van der Waals surface area contributed by atoms with E-state index < -0.39 is 0 Å². The number of benzene rings is 2. The minimum atomic E-state index is -0.311. The topological polar surface area (TPSA) is 96.0 Å². The molecule has 9 heteroatoms. The van der Waals surface area contributed by atoms with Gasteiger partial charge in [0.15, 0.2) is 10.2 Å². The summed E-state index contributed by atoms with van der Waals surface area (Å²) in [5, 5.41) is 8.87. The summed E-state index contributed by atoms with van der Waals surface area (Å²) in [7, 11) is 0. The van der Waals surface area contributed by atoms with Gasteiger partial charge in [-0.05, 0) is 36.5 Å². The van der Waals surface area contributed by atoms with E-state index in [-0.39, 0.29) is 16.9 Å². The second-order valence-electron chi connectivity index (χ2n) is 6.15. The van der Waals surface area contributed by atoms with Crippen LogP contribution in [0.25, 0.3) is 10.2 Å². The maximum Gasteiger partial charge on any atom is 0.257 e. The Bertz CT molecular complexity index is 1230. The third kappa shape index (κ3) is 4.65. The maximum atomic E-state index is 12.3. The number of pyridine rings is 1. The number of carbonyl (C=O) groups is 2. The molecule has 0 spiro atoms. The van der Waals surface area contributed by atoms with Gasteiger partial charge in [0.2, 0.25) is 0 Å². The lowest BCUT2D eigenvalue weighted by molar-refractivity contribution is 0.0976. The van der Waals surface area contributed by atoms with Crippen molar-refractivity contribution in [3.63, 3.8) is 0 Å². The first kappa shape index (κ1) is 19.6. The number of amides is 2. The number of thiazole rings is 1. The van der Waals surface area contributed by atoms with Crippen LogP contribution in [-0.4, -0.2) is 26.9 Å². The summed E-state index contributed by atoms with van der Waals surface area (Å²) in [4.78, 5) is 33.2. The van der Waals surface area contributed by atoms with Crippen molar-refractivity contribution in [1.82, 2.24) is 15.3 Å². The van der Waals surface area contributed by atoms with Gasteiger partial charge in [-0.1, -0.05) is 47.7 Å². The van der Waals surface area contributed by atoms with Crippen molar-refractivity contribution in [3.05, 3.63) is 84.1 Å². The van der Waals surface area contributed by atoms with E-state index in [4.69, 9.17) is 12.2 Å². The van der Waals surface area contributed by atoms with Crippen LogP contribution in [0.4, 0.5) is 10.9 Å². The molecule has 4 rings (SSSR count). The molecule has 0 aliphatic rings. The van der Waals surface area contributed by atoms with Crippen molar-refractivity contribution in [1.29, 1.82) is 0 Å². The summed E-state index contributed by atoms with van der Waals surface area (Å²) in [6.07, 6.45) is 1.63. The summed E-state index contributed by atoms with van der Waals surface area (Å²) >= 11 is 6.51. The zero-order valence-electron chi connectivity index (χ0n) is 15.5. The molecule has 3 N–H and O–H groups in total. The molecule has 2 amide bonds. The second-order valence-corrected chi connectivity index (χ2v) is 7.59. The van der Waals surface area contributed by atoms with Gasteiger partial charge in [-0.2, -0.15) is 0 Å². The molecule has 2 aromatic heterocycles. The van der Waals surface area contributed by atoms with E-state index >= 15 is 0 Å². The van der Waals surface area contributed by atoms with Gasteiger partial charge in [-0.25, -0.2) is 9.97 Å². The second kappa shape index (κ2) is 8.76. The lowest BCUT2D eigenvalue weighted by Crippen LogP contribution is -2.34. The molecule has 2 aromatic carbocycles. The summed E-state index contributed by atoms with van der Waals surface area (Å²) in [6, 6.07) is 19.4. The molecule has 0 atom stereocenters. The minimum Gasteiger partial charge on any atom is -0.317 e. The number of nitrogens with zero attached hydrogens (tertiary/aromatic N) is 2. The zero-order valence-corrected chi connectivity index (χ0v) is 17.1. The molecule has 4 aromatic rings. The van der Waals surface area contributed by atoms with Crippen molar-refractivity contribution in [3.8, 4) is 0 Å². The lowest BCUT2D eigenvalue weighted by Gasteiger charge is -2.08. The molecule has 0 saturated carbocycles. The number of fused-ring (bicyclic) bond motifs is 1. The van der Waals surface area contributed by atoms with Gasteiger partial charge >= 0.3 is 0 Å². The molecule has 2 heterocycles. The third-order valence-corrected chi connectivity index (χ3v) is 5.16. The van der Waals surface area contributed by atoms with Crippen LogP contribution in [0.2, 0.25) is 0 Å². The Morgan fingerprint density at radius 1 is 0.867 bits per heavy atom. The van der Waals surface area contributed by atoms with Crippen LogP contribution in [0.15, 0.2) is 72.9 Å². The molecule has 30 heavy (non-hydrogen) atoms. The standard InChI is InChI=1S/C21H15N5O2S2/c27-18(13-7-3-1-4-8-13)25-20(29)24-17-11-15-16(12-22-17)30-21(23-15)26-19(28)14-9-5-2-6-10-14/h1-12H,(H,23,26,28)(H2,22,24,25,27,29). The number of nitrogens with one attached hydrogen (secondary N) is 3. The van der Waals surface area contributed by atoms with Gasteiger partial charge < -0.3 is 5.32 Å². The van der Waals surface area contributed by atoms with Gasteiger partial charge in [0, 0.05) is 23.4 Å². The van der Waals surface area contributed by atoms with Crippen LogP contribution in [0.5, 0.6) is 0 Å². The van der Waals surface area contributed by atoms with Crippen LogP contribution in [0.1, 0.15) is 20.7 Å². The largest absolute Gasteiger partial charge is 0.317 e. The van der Waals surface area contributed by atoms with Gasteiger partial charge in [0.25, 0.3) is 11.8 Å². The molecule has 0 aliphatic heterocycles. The number of rotatable bonds is 4.